The van der Waals surface area contributed by atoms with Gasteiger partial charge in [0.1, 0.15) is 5.82 Å². The van der Waals surface area contributed by atoms with Crippen molar-refractivity contribution in [1.29, 1.82) is 0 Å². The van der Waals surface area contributed by atoms with Gasteiger partial charge in [-0.3, -0.25) is 9.88 Å². The van der Waals surface area contributed by atoms with Crippen molar-refractivity contribution in [2.75, 3.05) is 38.7 Å². The van der Waals surface area contributed by atoms with Gasteiger partial charge >= 0.3 is 0 Å². The van der Waals surface area contributed by atoms with E-state index in [-0.39, 0.29) is 0 Å². The largest absolute Gasteiger partial charge is 0.383 e. The molecule has 2 aromatic rings. The Morgan fingerprint density at radius 1 is 1.28 bits per heavy atom. The summed E-state index contributed by atoms with van der Waals surface area (Å²) in [4.78, 5) is 6.74. The van der Waals surface area contributed by atoms with E-state index in [9.17, 15) is 0 Å². The number of nitrogens with one attached hydrogen (secondary N) is 1. The van der Waals surface area contributed by atoms with Crippen molar-refractivity contribution >= 4 is 5.82 Å². The molecule has 1 N–H and O–H groups in total. The van der Waals surface area contributed by atoms with E-state index in [1.165, 1.54) is 24.9 Å². The van der Waals surface area contributed by atoms with Crippen LogP contribution in [0.25, 0.3) is 0 Å². The zero-order valence-electron chi connectivity index (χ0n) is 14.9. The molecule has 1 aliphatic rings. The zero-order chi connectivity index (χ0) is 17.3. The standard InChI is InChI=1S/C19H27N5O/c1-25-11-9-21-19-7-6-18(22-23-19)12-16-5-3-10-24(14-16)15-17-4-2-8-20-13-17/h2,4,6-8,13,16H,3,5,9-12,14-15H2,1H3,(H,21,23)/t16-/m0/s1. The predicted octanol–water partition coefficient (Wildman–Crippen LogP) is 2.38. The van der Waals surface area contributed by atoms with Crippen LogP contribution in [-0.4, -0.2) is 53.4 Å². The molecule has 0 saturated carbocycles. The Bertz CT molecular complexity index is 619. The number of ether oxygens (including phenoxy) is 1. The Hall–Kier alpha value is -2.05. The monoisotopic (exact) mass is 341 g/mol. The summed E-state index contributed by atoms with van der Waals surface area (Å²) in [6.07, 6.45) is 7.29. The summed E-state index contributed by atoms with van der Waals surface area (Å²) >= 11 is 0. The Kier molecular flexibility index (Phi) is 6.71. The van der Waals surface area contributed by atoms with E-state index < -0.39 is 0 Å². The molecular formula is C19H27N5O. The second-order valence-electron chi connectivity index (χ2n) is 6.64. The molecule has 0 aliphatic carbocycles. The lowest BCUT2D eigenvalue weighted by atomic mass is 9.93. The average molecular weight is 341 g/mol. The molecule has 0 amide bonds. The van der Waals surface area contributed by atoms with Crippen LogP contribution in [0.1, 0.15) is 24.1 Å². The molecule has 0 spiro atoms. The van der Waals surface area contributed by atoms with E-state index in [0.29, 0.717) is 12.5 Å². The molecule has 0 radical (unpaired) electrons. The minimum Gasteiger partial charge on any atom is -0.383 e. The van der Waals surface area contributed by atoms with Crippen LogP contribution in [-0.2, 0) is 17.7 Å². The third-order valence-electron chi connectivity index (χ3n) is 4.56. The van der Waals surface area contributed by atoms with Crippen molar-refractivity contribution < 1.29 is 4.74 Å². The van der Waals surface area contributed by atoms with Gasteiger partial charge in [0, 0.05) is 39.1 Å². The van der Waals surface area contributed by atoms with E-state index in [2.05, 4.69) is 37.5 Å². The van der Waals surface area contributed by atoms with Gasteiger partial charge in [-0.05, 0) is 55.5 Å². The Balaban J connectivity index is 1.48. The van der Waals surface area contributed by atoms with Gasteiger partial charge in [-0.1, -0.05) is 6.07 Å². The molecule has 3 heterocycles. The Labute approximate surface area is 149 Å². The highest BCUT2D eigenvalue weighted by Crippen LogP contribution is 2.21. The fraction of sp³-hybridized carbons (Fsp3) is 0.526. The smallest absolute Gasteiger partial charge is 0.148 e. The molecule has 134 valence electrons. The van der Waals surface area contributed by atoms with Crippen molar-refractivity contribution in [3.8, 4) is 0 Å². The van der Waals surface area contributed by atoms with Crippen LogP contribution in [0.5, 0.6) is 0 Å². The average Bonchev–Trinajstić information content (AvgIpc) is 2.65. The topological polar surface area (TPSA) is 63.2 Å². The van der Waals surface area contributed by atoms with Gasteiger partial charge in [0.15, 0.2) is 0 Å². The van der Waals surface area contributed by atoms with Gasteiger partial charge in [-0.25, -0.2) is 0 Å². The van der Waals surface area contributed by atoms with Crippen molar-refractivity contribution in [2.24, 2.45) is 5.92 Å². The number of hydrogen-bond donors (Lipinski definition) is 1. The van der Waals surface area contributed by atoms with Gasteiger partial charge < -0.3 is 10.1 Å². The maximum absolute atomic E-state index is 5.02. The summed E-state index contributed by atoms with van der Waals surface area (Å²) < 4.78 is 5.02. The number of piperidine rings is 1. The molecular weight excluding hydrogens is 314 g/mol. The van der Waals surface area contributed by atoms with Gasteiger partial charge in [0.05, 0.1) is 12.3 Å². The number of pyridine rings is 1. The number of hydrogen-bond acceptors (Lipinski definition) is 6. The van der Waals surface area contributed by atoms with Crippen molar-refractivity contribution in [2.45, 2.75) is 25.8 Å². The molecule has 6 nitrogen and oxygen atoms in total. The van der Waals surface area contributed by atoms with Crippen LogP contribution in [0.15, 0.2) is 36.7 Å². The molecule has 2 aromatic heterocycles. The van der Waals surface area contributed by atoms with Crippen molar-refractivity contribution in [3.63, 3.8) is 0 Å². The minimum absolute atomic E-state index is 0.645. The summed E-state index contributed by atoms with van der Waals surface area (Å²) in [5.74, 6) is 1.45. The number of aromatic nitrogens is 3. The van der Waals surface area contributed by atoms with Gasteiger partial charge in [-0.2, -0.15) is 5.10 Å². The summed E-state index contributed by atoms with van der Waals surface area (Å²) in [7, 11) is 1.69. The second kappa shape index (κ2) is 9.44. The SMILES string of the molecule is COCCNc1ccc(C[C@@H]2CCCN(Cc3cccnc3)C2)nn1. The zero-order valence-corrected chi connectivity index (χ0v) is 14.9. The molecule has 1 atom stereocenters. The molecule has 1 fully saturated rings. The fourth-order valence-corrected chi connectivity index (χ4v) is 3.35. The molecule has 25 heavy (non-hydrogen) atoms. The maximum Gasteiger partial charge on any atom is 0.148 e. The van der Waals surface area contributed by atoms with Crippen LogP contribution in [0.4, 0.5) is 5.82 Å². The van der Waals surface area contributed by atoms with E-state index in [1.807, 2.05) is 24.5 Å². The van der Waals surface area contributed by atoms with E-state index in [4.69, 9.17) is 4.74 Å². The molecule has 0 aromatic carbocycles. The first kappa shape index (κ1) is 17.8. The molecule has 0 bridgehead atoms. The predicted molar refractivity (Wildman–Crippen MR) is 98.3 cm³/mol. The Morgan fingerprint density at radius 2 is 2.24 bits per heavy atom. The maximum atomic E-state index is 5.02. The number of anilines is 1. The van der Waals surface area contributed by atoms with Crippen molar-refractivity contribution in [1.82, 2.24) is 20.1 Å². The first-order chi connectivity index (χ1) is 12.3. The number of methoxy groups -OCH3 is 1. The van der Waals surface area contributed by atoms with Gasteiger partial charge in [-0.15, -0.1) is 5.10 Å². The van der Waals surface area contributed by atoms with E-state index in [1.54, 1.807) is 7.11 Å². The van der Waals surface area contributed by atoms with Crippen LogP contribution >= 0.6 is 0 Å². The number of rotatable bonds is 8. The van der Waals surface area contributed by atoms with Gasteiger partial charge in [0.2, 0.25) is 0 Å². The first-order valence-corrected chi connectivity index (χ1v) is 9.00. The lowest BCUT2D eigenvalue weighted by molar-refractivity contribution is 0.166. The number of likely N-dealkylation sites (tertiary alicyclic amines) is 1. The highest BCUT2D eigenvalue weighted by atomic mass is 16.5. The highest BCUT2D eigenvalue weighted by molar-refractivity contribution is 5.32. The summed E-state index contributed by atoms with van der Waals surface area (Å²) in [6, 6.07) is 8.25. The molecule has 3 rings (SSSR count). The quantitative estimate of drug-likeness (QED) is 0.744. The third-order valence-corrected chi connectivity index (χ3v) is 4.56. The van der Waals surface area contributed by atoms with Crippen LogP contribution < -0.4 is 5.32 Å². The van der Waals surface area contributed by atoms with Gasteiger partial charge in [0.25, 0.3) is 0 Å². The van der Waals surface area contributed by atoms with E-state index >= 15 is 0 Å². The fourth-order valence-electron chi connectivity index (χ4n) is 3.35. The second-order valence-corrected chi connectivity index (χ2v) is 6.64. The first-order valence-electron chi connectivity index (χ1n) is 9.00. The highest BCUT2D eigenvalue weighted by Gasteiger charge is 2.20. The van der Waals surface area contributed by atoms with Crippen LogP contribution in [0, 0.1) is 5.92 Å². The Morgan fingerprint density at radius 3 is 3.00 bits per heavy atom. The third kappa shape index (κ3) is 5.76. The van der Waals surface area contributed by atoms with Crippen LogP contribution in [0.3, 0.4) is 0 Å². The van der Waals surface area contributed by atoms with Crippen molar-refractivity contribution in [3.05, 3.63) is 47.9 Å². The lowest BCUT2D eigenvalue weighted by Gasteiger charge is -2.32. The molecule has 0 unspecified atom stereocenters. The molecule has 1 saturated heterocycles. The van der Waals surface area contributed by atoms with E-state index in [0.717, 1.165) is 37.6 Å². The summed E-state index contributed by atoms with van der Waals surface area (Å²) in [5, 5.41) is 11.8. The summed E-state index contributed by atoms with van der Waals surface area (Å²) in [6.45, 7) is 4.68. The molecule has 6 heteroatoms. The minimum atomic E-state index is 0.645. The summed E-state index contributed by atoms with van der Waals surface area (Å²) in [5.41, 5.74) is 2.36. The number of nitrogens with zero attached hydrogens (tertiary/aromatic N) is 4. The van der Waals surface area contributed by atoms with Crippen LogP contribution in [0.2, 0.25) is 0 Å². The lowest BCUT2D eigenvalue weighted by Crippen LogP contribution is -2.35. The normalized spacial score (nSPS) is 18.2. The molecule has 1 aliphatic heterocycles.